The third-order valence-corrected chi connectivity index (χ3v) is 1.31. The molecule has 0 fully saturated rings. The summed E-state index contributed by atoms with van der Waals surface area (Å²) in [7, 11) is 0. The predicted octanol–water partition coefficient (Wildman–Crippen LogP) is -0.245. The third kappa shape index (κ3) is 2.70. The zero-order valence-corrected chi connectivity index (χ0v) is 8.59. The third-order valence-electron chi connectivity index (χ3n) is 1.31. The fourth-order valence-corrected chi connectivity index (χ4v) is 0.703. The molecule has 0 N–H and O–H groups in total. The van der Waals surface area contributed by atoms with Gasteiger partial charge < -0.3 is 1.43 Å². The topological polar surface area (TPSA) is 0 Å². The van der Waals surface area contributed by atoms with Crippen LogP contribution in [-0.4, -0.2) is 0 Å². The second kappa shape index (κ2) is 4.73. The smallest absolute Gasteiger partial charge is 1.00 e. The van der Waals surface area contributed by atoms with Crippen LogP contribution < -0.4 is 29.6 Å². The Kier molecular flexibility index (Phi) is 4.71. The summed E-state index contributed by atoms with van der Waals surface area (Å²) in [6.07, 6.45) is 1.85. The second-order valence-corrected chi connectivity index (χ2v) is 2.11. The summed E-state index contributed by atoms with van der Waals surface area (Å²) in [6.45, 7) is 5.74. The molecular weight excluding hydrogens is 131 g/mol. The molecule has 0 saturated carbocycles. The van der Waals surface area contributed by atoms with E-state index in [1.807, 2.05) is 6.08 Å². The molecule has 1 aromatic carbocycles. The first-order chi connectivity index (χ1) is 4.33. The van der Waals surface area contributed by atoms with Gasteiger partial charge in [-0.25, -0.2) is 0 Å². The number of aryl methyl sites for hydroxylation is 1. The number of hydrogen-bond donors (Lipinski definition) is 0. The van der Waals surface area contributed by atoms with Crippen molar-refractivity contribution in [1.29, 1.82) is 0 Å². The average Bonchev–Trinajstić information content (AvgIpc) is 1.90. The van der Waals surface area contributed by atoms with E-state index in [-0.39, 0.29) is 31.0 Å². The molecule has 1 aromatic rings. The summed E-state index contributed by atoms with van der Waals surface area (Å²) in [5.41, 5.74) is 2.47. The minimum absolute atomic E-state index is 0. The maximum absolute atomic E-state index is 3.66. The minimum atomic E-state index is 0. The number of hydrogen-bond acceptors (Lipinski definition) is 0. The van der Waals surface area contributed by atoms with Crippen LogP contribution in [0.4, 0.5) is 0 Å². The molecule has 0 atom stereocenters. The van der Waals surface area contributed by atoms with E-state index in [2.05, 4.69) is 37.8 Å². The molecule has 0 aliphatic carbocycles. The van der Waals surface area contributed by atoms with Crippen molar-refractivity contribution in [3.8, 4) is 0 Å². The first kappa shape index (κ1) is 9.96. The van der Waals surface area contributed by atoms with Crippen molar-refractivity contribution in [2.75, 3.05) is 0 Å². The monoisotopic (exact) mass is 142 g/mol. The molecule has 0 aromatic heterocycles. The molecular formula is C9H11Na. The van der Waals surface area contributed by atoms with E-state index in [4.69, 9.17) is 0 Å². The van der Waals surface area contributed by atoms with Crippen LogP contribution in [-0.2, 0) is 0 Å². The zero-order valence-electron chi connectivity index (χ0n) is 7.59. The van der Waals surface area contributed by atoms with E-state index >= 15 is 0 Å². The molecule has 0 spiro atoms. The summed E-state index contributed by atoms with van der Waals surface area (Å²) >= 11 is 0. The molecule has 0 nitrogen and oxygen atoms in total. The summed E-state index contributed by atoms with van der Waals surface area (Å²) in [4.78, 5) is 0. The predicted molar refractivity (Wildman–Crippen MR) is 42.4 cm³/mol. The first-order valence-electron chi connectivity index (χ1n) is 3.02. The quantitative estimate of drug-likeness (QED) is 0.474. The molecule has 0 aliphatic heterocycles. The maximum Gasteiger partial charge on any atom is 1.00 e. The average molecular weight is 142 g/mol. The van der Waals surface area contributed by atoms with E-state index in [1.54, 1.807) is 0 Å². The van der Waals surface area contributed by atoms with E-state index in [0.717, 1.165) is 0 Å². The van der Waals surface area contributed by atoms with Gasteiger partial charge in [0.15, 0.2) is 0 Å². The number of rotatable bonds is 1. The zero-order chi connectivity index (χ0) is 6.69. The van der Waals surface area contributed by atoms with Crippen LogP contribution in [0.15, 0.2) is 30.8 Å². The largest absolute Gasteiger partial charge is 1.00 e. The van der Waals surface area contributed by atoms with Gasteiger partial charge in [-0.05, 0) is 12.5 Å². The van der Waals surface area contributed by atoms with Gasteiger partial charge in [-0.15, -0.1) is 0 Å². The molecule has 1 rings (SSSR count). The van der Waals surface area contributed by atoms with Crippen LogP contribution in [0.2, 0.25) is 0 Å². The minimum Gasteiger partial charge on any atom is -1.00 e. The molecule has 0 aliphatic rings. The summed E-state index contributed by atoms with van der Waals surface area (Å²) in [5.74, 6) is 0. The maximum atomic E-state index is 3.66. The Hall–Kier alpha value is -0.0400. The van der Waals surface area contributed by atoms with E-state index in [9.17, 15) is 0 Å². The molecule has 0 heterocycles. The standard InChI is InChI=1S/C9H10.Na.H/c1-3-9-6-4-8(2)5-7-9;;/h3-7H,1H2,2H3;;/q;+1;-1. The van der Waals surface area contributed by atoms with Crippen LogP contribution in [0.25, 0.3) is 6.08 Å². The summed E-state index contributed by atoms with van der Waals surface area (Å²) in [6, 6.07) is 8.28. The molecule has 0 unspecified atom stereocenters. The van der Waals surface area contributed by atoms with Gasteiger partial charge in [0.2, 0.25) is 0 Å². The molecule has 48 valence electrons. The fourth-order valence-electron chi connectivity index (χ4n) is 0.703. The molecule has 1 heteroatoms. The van der Waals surface area contributed by atoms with Crippen LogP contribution >= 0.6 is 0 Å². The van der Waals surface area contributed by atoms with Gasteiger partial charge in [0, 0.05) is 0 Å². The molecule has 0 saturated heterocycles. The van der Waals surface area contributed by atoms with Gasteiger partial charge in [0.25, 0.3) is 0 Å². The Morgan fingerprint density at radius 1 is 1.30 bits per heavy atom. The molecule has 0 radical (unpaired) electrons. The van der Waals surface area contributed by atoms with E-state index in [1.165, 1.54) is 11.1 Å². The van der Waals surface area contributed by atoms with Crippen molar-refractivity contribution >= 4 is 6.08 Å². The van der Waals surface area contributed by atoms with E-state index in [0.29, 0.717) is 0 Å². The second-order valence-electron chi connectivity index (χ2n) is 2.11. The Balaban J connectivity index is 0. The van der Waals surface area contributed by atoms with Crippen LogP contribution in [0.5, 0.6) is 0 Å². The van der Waals surface area contributed by atoms with Gasteiger partial charge in [-0.1, -0.05) is 42.5 Å². The van der Waals surface area contributed by atoms with Crippen LogP contribution in [0, 0.1) is 6.92 Å². The number of benzene rings is 1. The summed E-state index contributed by atoms with van der Waals surface area (Å²) < 4.78 is 0. The van der Waals surface area contributed by atoms with Gasteiger partial charge in [-0.3, -0.25) is 0 Å². The summed E-state index contributed by atoms with van der Waals surface area (Å²) in [5, 5.41) is 0. The Morgan fingerprint density at radius 3 is 2.20 bits per heavy atom. The van der Waals surface area contributed by atoms with Crippen LogP contribution in [0.3, 0.4) is 0 Å². The Bertz CT molecular complexity index is 203. The van der Waals surface area contributed by atoms with Gasteiger partial charge in [0.05, 0.1) is 0 Å². The molecule has 10 heavy (non-hydrogen) atoms. The SMILES string of the molecule is C=Cc1ccc(C)cc1.[H-].[Na+]. The first-order valence-corrected chi connectivity index (χ1v) is 3.02. The van der Waals surface area contributed by atoms with Crippen molar-refractivity contribution in [2.24, 2.45) is 0 Å². The van der Waals surface area contributed by atoms with Crippen molar-refractivity contribution in [3.63, 3.8) is 0 Å². The normalized spacial score (nSPS) is 8.10. The van der Waals surface area contributed by atoms with Gasteiger partial charge in [0.1, 0.15) is 0 Å². The van der Waals surface area contributed by atoms with Crippen molar-refractivity contribution in [3.05, 3.63) is 42.0 Å². The van der Waals surface area contributed by atoms with Gasteiger partial charge >= 0.3 is 29.6 Å². The van der Waals surface area contributed by atoms with Crippen molar-refractivity contribution in [2.45, 2.75) is 6.92 Å². The molecule has 0 bridgehead atoms. The molecule has 0 amide bonds. The van der Waals surface area contributed by atoms with Gasteiger partial charge in [-0.2, -0.15) is 0 Å². The van der Waals surface area contributed by atoms with E-state index < -0.39 is 0 Å². The Labute approximate surface area is 85.7 Å². The Morgan fingerprint density at radius 2 is 1.80 bits per heavy atom. The van der Waals surface area contributed by atoms with Crippen molar-refractivity contribution < 1.29 is 31.0 Å². The van der Waals surface area contributed by atoms with Crippen molar-refractivity contribution in [1.82, 2.24) is 0 Å². The van der Waals surface area contributed by atoms with Crippen LogP contribution in [0.1, 0.15) is 12.6 Å². The fraction of sp³-hybridized carbons (Fsp3) is 0.111.